The highest BCUT2D eigenvalue weighted by molar-refractivity contribution is 5.61. The predicted octanol–water partition coefficient (Wildman–Crippen LogP) is 3.67. The van der Waals surface area contributed by atoms with Gasteiger partial charge in [0.05, 0.1) is 0 Å². The average molecular weight is 398 g/mol. The molecule has 4 aromatic rings. The Morgan fingerprint density at radius 3 is 2.20 bits per heavy atom. The summed E-state index contributed by atoms with van der Waals surface area (Å²) in [4.78, 5) is 19.6. The number of hydrogen-bond acceptors (Lipinski definition) is 7. The van der Waals surface area contributed by atoms with Crippen molar-refractivity contribution in [2.75, 3.05) is 17.3 Å². The molecule has 2 N–H and O–H groups in total. The number of nitrogens with one attached hydrogen (secondary N) is 1. The molecule has 4 rings (SSSR count). The third-order valence-corrected chi connectivity index (χ3v) is 4.57. The molecule has 30 heavy (non-hydrogen) atoms. The number of benzene rings is 2. The third-order valence-electron chi connectivity index (χ3n) is 4.57. The summed E-state index contributed by atoms with van der Waals surface area (Å²) in [5.74, 6) is 2.35. The van der Waals surface area contributed by atoms with Crippen LogP contribution in [-0.2, 0) is 6.42 Å². The van der Waals surface area contributed by atoms with Crippen molar-refractivity contribution in [3.63, 3.8) is 0 Å². The molecule has 0 spiro atoms. The minimum atomic E-state index is -0.795. The van der Waals surface area contributed by atoms with Gasteiger partial charge in [-0.25, -0.2) is 15.0 Å². The molecular formula is C23H22N6O. The highest BCUT2D eigenvalue weighted by Crippen LogP contribution is 2.23. The smallest absolute Gasteiger partial charge is 0.226 e. The summed E-state index contributed by atoms with van der Waals surface area (Å²) in [5, 5.41) is 13.3. The molecule has 0 saturated heterocycles. The van der Waals surface area contributed by atoms with Crippen LogP contribution in [0.25, 0.3) is 11.4 Å². The lowest BCUT2D eigenvalue weighted by Crippen LogP contribution is -2.23. The van der Waals surface area contributed by atoms with Gasteiger partial charge in [-0.05, 0) is 17.7 Å². The second-order valence-electron chi connectivity index (χ2n) is 6.75. The van der Waals surface area contributed by atoms with Crippen LogP contribution >= 0.6 is 0 Å². The van der Waals surface area contributed by atoms with Crippen LogP contribution in [0.15, 0.2) is 85.2 Å². The summed E-state index contributed by atoms with van der Waals surface area (Å²) < 4.78 is 0. The van der Waals surface area contributed by atoms with E-state index in [1.165, 1.54) is 0 Å². The maximum Gasteiger partial charge on any atom is 0.226 e. The topological polar surface area (TPSA) is 87.1 Å². The predicted molar refractivity (Wildman–Crippen MR) is 117 cm³/mol. The quantitative estimate of drug-likeness (QED) is 0.459. The van der Waals surface area contributed by atoms with Crippen LogP contribution in [0, 0.1) is 0 Å². The van der Waals surface area contributed by atoms with E-state index >= 15 is 0 Å². The van der Waals surface area contributed by atoms with Gasteiger partial charge in [-0.1, -0.05) is 60.7 Å². The number of aliphatic hydroxyl groups is 1. The van der Waals surface area contributed by atoms with E-state index in [2.05, 4.69) is 25.3 Å². The van der Waals surface area contributed by atoms with Gasteiger partial charge < -0.3 is 15.3 Å². The highest BCUT2D eigenvalue weighted by atomic mass is 16.3. The van der Waals surface area contributed by atoms with Gasteiger partial charge in [0.25, 0.3) is 0 Å². The van der Waals surface area contributed by atoms with E-state index in [9.17, 15) is 5.11 Å². The van der Waals surface area contributed by atoms with Crippen LogP contribution in [0.4, 0.5) is 17.6 Å². The molecule has 0 radical (unpaired) electrons. The molecule has 0 aliphatic carbocycles. The second-order valence-corrected chi connectivity index (χ2v) is 6.75. The monoisotopic (exact) mass is 398 g/mol. The van der Waals surface area contributed by atoms with Crippen molar-refractivity contribution in [3.8, 4) is 11.4 Å². The van der Waals surface area contributed by atoms with Crippen molar-refractivity contribution >= 4 is 17.6 Å². The molecule has 150 valence electrons. The first kappa shape index (κ1) is 19.5. The summed E-state index contributed by atoms with van der Waals surface area (Å²) in [6.45, 7) is 0. The van der Waals surface area contributed by atoms with E-state index in [1.807, 2.05) is 78.7 Å². The molecule has 0 bridgehead atoms. The Morgan fingerprint density at radius 1 is 0.833 bits per heavy atom. The Kier molecular flexibility index (Phi) is 5.91. The minimum absolute atomic E-state index is 0.347. The zero-order valence-electron chi connectivity index (χ0n) is 16.6. The van der Waals surface area contributed by atoms with Gasteiger partial charge in [-0.2, -0.15) is 4.98 Å². The number of rotatable bonds is 7. The van der Waals surface area contributed by atoms with Crippen molar-refractivity contribution in [3.05, 3.63) is 90.8 Å². The fourth-order valence-electron chi connectivity index (χ4n) is 3.02. The standard InChI is InChI=1S/C23H22N6O/c1-29(19-12-14-24-22(26-19)18-10-6-3-7-11-18)20-13-15-25-23(27-20)28-21(30)16-17-8-4-2-5-9-17/h2-15,21,30H,16H2,1H3,(H,25,27,28)/t21-/m0/s1. The van der Waals surface area contributed by atoms with E-state index in [0.29, 0.717) is 29.8 Å². The summed E-state index contributed by atoms with van der Waals surface area (Å²) in [6, 6.07) is 23.2. The summed E-state index contributed by atoms with van der Waals surface area (Å²) >= 11 is 0. The maximum atomic E-state index is 10.3. The number of aliphatic hydroxyl groups excluding tert-OH is 1. The normalized spacial score (nSPS) is 11.7. The first-order chi connectivity index (χ1) is 14.7. The van der Waals surface area contributed by atoms with Crippen molar-refractivity contribution in [1.82, 2.24) is 19.9 Å². The van der Waals surface area contributed by atoms with E-state index in [4.69, 9.17) is 0 Å². The van der Waals surface area contributed by atoms with Crippen molar-refractivity contribution < 1.29 is 5.11 Å². The van der Waals surface area contributed by atoms with Crippen LogP contribution in [0.5, 0.6) is 0 Å². The molecule has 2 aromatic carbocycles. The van der Waals surface area contributed by atoms with E-state index in [0.717, 1.165) is 11.1 Å². The lowest BCUT2D eigenvalue weighted by Gasteiger charge is -2.19. The lowest BCUT2D eigenvalue weighted by atomic mass is 10.1. The van der Waals surface area contributed by atoms with Gasteiger partial charge in [-0.3, -0.25) is 0 Å². The maximum absolute atomic E-state index is 10.3. The Labute approximate surface area is 175 Å². The highest BCUT2D eigenvalue weighted by Gasteiger charge is 2.12. The van der Waals surface area contributed by atoms with Gasteiger partial charge in [0, 0.05) is 31.4 Å². The van der Waals surface area contributed by atoms with Crippen LogP contribution in [0.1, 0.15) is 5.56 Å². The Bertz CT molecular complexity index is 1090. The molecule has 0 aliphatic heterocycles. The van der Waals surface area contributed by atoms with Crippen molar-refractivity contribution in [2.24, 2.45) is 0 Å². The lowest BCUT2D eigenvalue weighted by molar-refractivity contribution is 0.203. The largest absolute Gasteiger partial charge is 0.373 e. The van der Waals surface area contributed by atoms with Crippen molar-refractivity contribution in [2.45, 2.75) is 12.6 Å². The molecule has 7 heteroatoms. The Morgan fingerprint density at radius 2 is 1.47 bits per heavy atom. The molecular weight excluding hydrogens is 376 g/mol. The average Bonchev–Trinajstić information content (AvgIpc) is 2.80. The fourth-order valence-corrected chi connectivity index (χ4v) is 3.02. The molecule has 2 aromatic heterocycles. The number of anilines is 3. The zero-order chi connectivity index (χ0) is 20.8. The number of aromatic nitrogens is 4. The van der Waals surface area contributed by atoms with Crippen LogP contribution in [-0.4, -0.2) is 38.3 Å². The minimum Gasteiger partial charge on any atom is -0.373 e. The van der Waals surface area contributed by atoms with Crippen LogP contribution in [0.2, 0.25) is 0 Å². The van der Waals surface area contributed by atoms with Crippen LogP contribution in [0.3, 0.4) is 0 Å². The fraction of sp³-hybridized carbons (Fsp3) is 0.130. The molecule has 7 nitrogen and oxygen atoms in total. The Hall–Kier alpha value is -3.84. The molecule has 1 atom stereocenters. The van der Waals surface area contributed by atoms with Gasteiger partial charge >= 0.3 is 0 Å². The molecule has 2 heterocycles. The molecule has 0 unspecified atom stereocenters. The summed E-state index contributed by atoms with van der Waals surface area (Å²) in [6.07, 6.45) is 3.04. The molecule has 0 saturated carbocycles. The zero-order valence-corrected chi connectivity index (χ0v) is 16.6. The number of hydrogen-bond donors (Lipinski definition) is 2. The van der Waals surface area contributed by atoms with E-state index in [1.54, 1.807) is 18.5 Å². The molecule has 0 amide bonds. The van der Waals surface area contributed by atoms with Crippen LogP contribution < -0.4 is 10.2 Å². The number of nitrogens with zero attached hydrogens (tertiary/aromatic N) is 5. The third kappa shape index (κ3) is 4.76. The van der Waals surface area contributed by atoms with Gasteiger partial charge in [-0.15, -0.1) is 0 Å². The summed E-state index contributed by atoms with van der Waals surface area (Å²) in [5.41, 5.74) is 1.97. The Balaban J connectivity index is 1.49. The van der Waals surface area contributed by atoms with Gasteiger partial charge in [0.2, 0.25) is 5.95 Å². The van der Waals surface area contributed by atoms with E-state index < -0.39 is 6.23 Å². The molecule has 0 aliphatic rings. The second kappa shape index (κ2) is 9.11. The SMILES string of the molecule is CN(c1ccnc(N[C@@H](O)Cc2ccccc2)n1)c1ccnc(-c2ccccc2)n1. The van der Waals surface area contributed by atoms with Gasteiger partial charge in [0.1, 0.15) is 17.9 Å². The van der Waals surface area contributed by atoms with Gasteiger partial charge in [0.15, 0.2) is 5.82 Å². The van der Waals surface area contributed by atoms with E-state index in [-0.39, 0.29) is 0 Å². The molecule has 0 fully saturated rings. The first-order valence-electron chi connectivity index (χ1n) is 9.63. The summed E-state index contributed by atoms with van der Waals surface area (Å²) in [7, 11) is 1.88. The first-order valence-corrected chi connectivity index (χ1v) is 9.63. The van der Waals surface area contributed by atoms with Crippen molar-refractivity contribution in [1.29, 1.82) is 0 Å².